The highest BCUT2D eigenvalue weighted by Gasteiger charge is 2.16. The summed E-state index contributed by atoms with van der Waals surface area (Å²) in [5.41, 5.74) is 1.44. The van der Waals surface area contributed by atoms with Gasteiger partial charge in [-0.3, -0.25) is 0 Å². The molecule has 0 saturated carbocycles. The van der Waals surface area contributed by atoms with E-state index < -0.39 is 0 Å². The molecule has 104 valence electrons. The molecular formula is C13H12ClFN4O. The van der Waals surface area contributed by atoms with E-state index in [1.165, 1.54) is 18.5 Å². The molecule has 2 aromatic heterocycles. The summed E-state index contributed by atoms with van der Waals surface area (Å²) in [6.07, 6.45) is 1.93. The number of hydrogen-bond donors (Lipinski definition) is 0. The van der Waals surface area contributed by atoms with Crippen molar-refractivity contribution in [3.63, 3.8) is 0 Å². The van der Waals surface area contributed by atoms with Crippen molar-refractivity contribution in [2.45, 2.75) is 25.3 Å². The average molecular weight is 295 g/mol. The minimum absolute atomic E-state index is 0.270. The summed E-state index contributed by atoms with van der Waals surface area (Å²) in [7, 11) is 0. The highest BCUT2D eigenvalue weighted by atomic mass is 35.5. The molecule has 7 heteroatoms. The van der Waals surface area contributed by atoms with E-state index >= 15 is 0 Å². The van der Waals surface area contributed by atoms with E-state index in [0.29, 0.717) is 30.2 Å². The Kier molecular flexibility index (Phi) is 3.40. The molecule has 3 aromatic rings. The van der Waals surface area contributed by atoms with Crippen LogP contribution in [0.5, 0.6) is 0 Å². The predicted molar refractivity (Wildman–Crippen MR) is 72.0 cm³/mol. The molecular weight excluding hydrogens is 283 g/mol. The maximum absolute atomic E-state index is 13.3. The fraction of sp³-hybridized carbons (Fsp3) is 0.308. The number of imidazole rings is 1. The summed E-state index contributed by atoms with van der Waals surface area (Å²) in [6, 6.07) is 4.52. The molecule has 2 heterocycles. The molecule has 0 fully saturated rings. The molecule has 0 aliphatic carbocycles. The first-order valence-corrected chi connectivity index (χ1v) is 6.64. The summed E-state index contributed by atoms with van der Waals surface area (Å²) in [6.45, 7) is 2.43. The van der Waals surface area contributed by atoms with Crippen molar-refractivity contribution < 1.29 is 8.91 Å². The molecule has 0 aliphatic heterocycles. The lowest BCUT2D eigenvalue weighted by molar-refractivity contribution is 0.371. The smallest absolute Gasteiger partial charge is 0.228 e. The Balaban J connectivity index is 2.00. The van der Waals surface area contributed by atoms with Crippen LogP contribution in [0.15, 0.2) is 29.0 Å². The maximum Gasteiger partial charge on any atom is 0.228 e. The Morgan fingerprint density at radius 1 is 1.45 bits per heavy atom. The number of alkyl halides is 1. The van der Waals surface area contributed by atoms with Crippen LogP contribution in [0.3, 0.4) is 0 Å². The molecule has 0 radical (unpaired) electrons. The van der Waals surface area contributed by atoms with Gasteiger partial charge in [-0.2, -0.15) is 4.98 Å². The lowest BCUT2D eigenvalue weighted by Gasteiger charge is -2.08. The van der Waals surface area contributed by atoms with Gasteiger partial charge in [0.15, 0.2) is 6.33 Å². The summed E-state index contributed by atoms with van der Waals surface area (Å²) in [5.74, 6) is 0.932. The third-order valence-corrected chi connectivity index (χ3v) is 3.25. The summed E-state index contributed by atoms with van der Waals surface area (Å²) < 4.78 is 20.2. The van der Waals surface area contributed by atoms with E-state index in [0.717, 1.165) is 5.52 Å². The van der Waals surface area contributed by atoms with Crippen molar-refractivity contribution in [1.82, 2.24) is 19.7 Å². The molecule has 1 atom stereocenters. The van der Waals surface area contributed by atoms with Gasteiger partial charge in [0.1, 0.15) is 11.6 Å². The SMILES string of the molecule is CC(Cl)c1nc2cc(F)ccc2n1CCc1ncno1. The molecule has 0 spiro atoms. The molecule has 1 aromatic carbocycles. The van der Waals surface area contributed by atoms with Crippen molar-refractivity contribution in [1.29, 1.82) is 0 Å². The van der Waals surface area contributed by atoms with E-state index in [1.54, 1.807) is 6.07 Å². The van der Waals surface area contributed by atoms with Crippen molar-refractivity contribution in [3.8, 4) is 0 Å². The molecule has 0 aliphatic rings. The van der Waals surface area contributed by atoms with Crippen molar-refractivity contribution in [2.24, 2.45) is 0 Å². The Labute approximate surface area is 119 Å². The predicted octanol–water partition coefficient (Wildman–Crippen LogP) is 3.10. The quantitative estimate of drug-likeness (QED) is 0.694. The van der Waals surface area contributed by atoms with Gasteiger partial charge in [-0.1, -0.05) is 5.16 Å². The lowest BCUT2D eigenvalue weighted by atomic mass is 10.3. The highest BCUT2D eigenvalue weighted by molar-refractivity contribution is 6.20. The molecule has 0 N–H and O–H groups in total. The van der Waals surface area contributed by atoms with Gasteiger partial charge < -0.3 is 9.09 Å². The van der Waals surface area contributed by atoms with Gasteiger partial charge in [-0.05, 0) is 19.1 Å². The first kappa shape index (κ1) is 13.1. The summed E-state index contributed by atoms with van der Waals surface area (Å²) in [4.78, 5) is 8.38. The van der Waals surface area contributed by atoms with Crippen LogP contribution in [0.1, 0.15) is 24.0 Å². The zero-order valence-electron chi connectivity index (χ0n) is 10.8. The second kappa shape index (κ2) is 5.20. The summed E-state index contributed by atoms with van der Waals surface area (Å²) >= 11 is 6.15. The Hall–Kier alpha value is -1.95. The number of nitrogens with zero attached hydrogens (tertiary/aromatic N) is 4. The number of hydrogen-bond acceptors (Lipinski definition) is 4. The van der Waals surface area contributed by atoms with Gasteiger partial charge >= 0.3 is 0 Å². The number of aromatic nitrogens is 4. The van der Waals surface area contributed by atoms with Crippen LogP contribution in [-0.2, 0) is 13.0 Å². The van der Waals surface area contributed by atoms with Crippen LogP contribution in [0, 0.1) is 5.82 Å². The minimum atomic E-state index is -0.312. The third-order valence-electron chi connectivity index (χ3n) is 3.05. The number of benzene rings is 1. The van der Waals surface area contributed by atoms with Crippen LogP contribution in [0.4, 0.5) is 4.39 Å². The Morgan fingerprint density at radius 3 is 3.00 bits per heavy atom. The van der Waals surface area contributed by atoms with Crippen LogP contribution >= 0.6 is 11.6 Å². The van der Waals surface area contributed by atoms with Crippen molar-refractivity contribution in [3.05, 3.63) is 42.1 Å². The average Bonchev–Trinajstić information content (AvgIpc) is 3.02. The number of aryl methyl sites for hydroxylation is 2. The fourth-order valence-corrected chi connectivity index (χ4v) is 2.34. The Bertz CT molecular complexity index is 723. The molecule has 0 saturated heterocycles. The number of rotatable bonds is 4. The van der Waals surface area contributed by atoms with E-state index in [4.69, 9.17) is 16.1 Å². The van der Waals surface area contributed by atoms with Gasteiger partial charge in [0.05, 0.1) is 16.4 Å². The lowest BCUT2D eigenvalue weighted by Crippen LogP contribution is -2.07. The van der Waals surface area contributed by atoms with Crippen LogP contribution < -0.4 is 0 Å². The standard InChI is InChI=1S/C13H12ClFN4O/c1-8(14)13-18-10-6-9(15)2-3-11(10)19(13)5-4-12-16-7-17-20-12/h2-3,6-8H,4-5H2,1H3. The van der Waals surface area contributed by atoms with E-state index in [1.807, 2.05) is 11.5 Å². The maximum atomic E-state index is 13.3. The second-order valence-electron chi connectivity index (χ2n) is 4.46. The first-order valence-electron chi connectivity index (χ1n) is 6.20. The molecule has 1 unspecified atom stereocenters. The zero-order chi connectivity index (χ0) is 14.1. The van der Waals surface area contributed by atoms with Crippen molar-refractivity contribution in [2.75, 3.05) is 0 Å². The van der Waals surface area contributed by atoms with Gasteiger partial charge in [-0.15, -0.1) is 11.6 Å². The van der Waals surface area contributed by atoms with Gasteiger partial charge in [0.25, 0.3) is 0 Å². The fourth-order valence-electron chi connectivity index (χ4n) is 2.17. The van der Waals surface area contributed by atoms with Gasteiger partial charge in [0, 0.05) is 19.0 Å². The number of fused-ring (bicyclic) bond motifs is 1. The van der Waals surface area contributed by atoms with Crippen LogP contribution in [0.2, 0.25) is 0 Å². The van der Waals surface area contributed by atoms with Gasteiger partial charge in [0.2, 0.25) is 5.89 Å². The van der Waals surface area contributed by atoms with Crippen molar-refractivity contribution >= 4 is 22.6 Å². The molecule has 0 amide bonds. The molecule has 3 rings (SSSR count). The minimum Gasteiger partial charge on any atom is -0.340 e. The van der Waals surface area contributed by atoms with Crippen LogP contribution in [0.25, 0.3) is 11.0 Å². The molecule has 20 heavy (non-hydrogen) atoms. The third kappa shape index (κ3) is 2.38. The van der Waals surface area contributed by atoms with E-state index in [9.17, 15) is 4.39 Å². The second-order valence-corrected chi connectivity index (χ2v) is 5.11. The highest BCUT2D eigenvalue weighted by Crippen LogP contribution is 2.25. The first-order chi connectivity index (χ1) is 9.65. The van der Waals surface area contributed by atoms with Gasteiger partial charge in [-0.25, -0.2) is 9.37 Å². The normalized spacial score (nSPS) is 12.9. The van der Waals surface area contributed by atoms with Crippen LogP contribution in [-0.4, -0.2) is 19.7 Å². The van der Waals surface area contributed by atoms with E-state index in [-0.39, 0.29) is 11.2 Å². The monoisotopic (exact) mass is 294 g/mol. The molecule has 0 bridgehead atoms. The Morgan fingerprint density at radius 2 is 2.30 bits per heavy atom. The molecule has 5 nitrogen and oxygen atoms in total. The zero-order valence-corrected chi connectivity index (χ0v) is 11.5. The summed E-state index contributed by atoms with van der Waals surface area (Å²) in [5, 5.41) is 3.30. The van der Waals surface area contributed by atoms with E-state index in [2.05, 4.69) is 15.1 Å². The topological polar surface area (TPSA) is 56.7 Å². The largest absolute Gasteiger partial charge is 0.340 e. The number of halogens is 2.